The van der Waals surface area contributed by atoms with Crippen LogP contribution in [0.4, 0.5) is 13.2 Å². The largest absolute Gasteiger partial charge is 0.493 e. The Hall–Kier alpha value is -2.05. The lowest BCUT2D eigenvalue weighted by molar-refractivity contribution is -0.139. The van der Waals surface area contributed by atoms with Crippen molar-refractivity contribution in [2.24, 2.45) is 11.8 Å². The smallest absolute Gasteiger partial charge is 0.416 e. The Balaban J connectivity index is 0.00000145. The fourth-order valence-electron chi connectivity index (χ4n) is 3.80. The third-order valence-corrected chi connectivity index (χ3v) is 5.39. The van der Waals surface area contributed by atoms with Gasteiger partial charge in [0.2, 0.25) is 5.91 Å². The number of rotatable bonds is 4. The average molecular weight is 413 g/mol. The molecule has 0 N–H and O–H groups in total. The summed E-state index contributed by atoms with van der Waals surface area (Å²) in [6.45, 7) is 5.70. The summed E-state index contributed by atoms with van der Waals surface area (Å²) < 4.78 is 43.4. The number of Topliss-reactive ketones (excluding diaryl/α,β-unsaturated/α-hetero) is 1. The third kappa shape index (κ3) is 6.75. The van der Waals surface area contributed by atoms with E-state index in [2.05, 4.69) is 0 Å². The van der Waals surface area contributed by atoms with Crippen molar-refractivity contribution in [1.29, 1.82) is 0 Å². The Morgan fingerprint density at radius 2 is 1.72 bits per heavy atom. The fraction of sp³-hybridized carbons (Fsp3) is 0.636. The van der Waals surface area contributed by atoms with Crippen LogP contribution >= 0.6 is 0 Å². The molecule has 1 aromatic rings. The highest BCUT2D eigenvalue weighted by atomic mass is 19.4. The highest BCUT2D eigenvalue weighted by Crippen LogP contribution is 2.31. The molecule has 162 valence electrons. The molecule has 4 nitrogen and oxygen atoms in total. The van der Waals surface area contributed by atoms with Crippen LogP contribution in [0.25, 0.3) is 0 Å². The Labute approximate surface area is 170 Å². The summed E-state index contributed by atoms with van der Waals surface area (Å²) in [5.74, 6) is 0.868. The molecule has 7 heteroatoms. The van der Waals surface area contributed by atoms with E-state index in [-0.39, 0.29) is 23.5 Å². The molecule has 2 aliphatic rings. The maximum Gasteiger partial charge on any atom is 0.416 e. The number of nitrogens with zero attached hydrogens (tertiary/aromatic N) is 1. The maximum atomic E-state index is 12.7. The van der Waals surface area contributed by atoms with Crippen molar-refractivity contribution < 1.29 is 27.5 Å². The quantitative estimate of drug-likeness (QED) is 0.689. The molecule has 1 aliphatic carbocycles. The average Bonchev–Trinajstić information content (AvgIpc) is 2.74. The molecular weight excluding hydrogens is 383 g/mol. The summed E-state index contributed by atoms with van der Waals surface area (Å²) in [6.07, 6.45) is -0.282. The summed E-state index contributed by atoms with van der Waals surface area (Å²) in [5, 5.41) is 0. The van der Waals surface area contributed by atoms with E-state index in [0.29, 0.717) is 44.6 Å². The SMILES string of the molecule is CC.O=C1CCC(C(=O)N2CCCC(COc3ccc(C(F)(F)F)cc3)C2)CC1. The molecule has 1 unspecified atom stereocenters. The molecule has 1 saturated carbocycles. The molecule has 0 radical (unpaired) electrons. The molecular formula is C22H30F3NO3. The lowest BCUT2D eigenvalue weighted by atomic mass is 9.86. The van der Waals surface area contributed by atoms with Crippen molar-refractivity contribution in [2.45, 2.75) is 58.5 Å². The van der Waals surface area contributed by atoms with Crippen molar-refractivity contribution in [3.8, 4) is 5.75 Å². The number of ketones is 1. The first kappa shape index (κ1) is 23.2. The number of benzene rings is 1. The number of halogens is 3. The van der Waals surface area contributed by atoms with Gasteiger partial charge in [-0.05, 0) is 49.9 Å². The van der Waals surface area contributed by atoms with Gasteiger partial charge in [0.25, 0.3) is 0 Å². The zero-order chi connectivity index (χ0) is 21.4. The van der Waals surface area contributed by atoms with Gasteiger partial charge in [0.05, 0.1) is 12.2 Å². The van der Waals surface area contributed by atoms with Crippen LogP contribution < -0.4 is 4.74 Å². The number of amides is 1. The first-order chi connectivity index (χ1) is 13.8. The number of carbonyl (C=O) groups is 2. The summed E-state index contributed by atoms with van der Waals surface area (Å²) in [7, 11) is 0. The van der Waals surface area contributed by atoms with Gasteiger partial charge in [-0.15, -0.1) is 0 Å². The van der Waals surface area contributed by atoms with Crippen LogP contribution in [-0.2, 0) is 15.8 Å². The Bertz CT molecular complexity index is 663. The molecule has 0 aromatic heterocycles. The van der Waals surface area contributed by atoms with Gasteiger partial charge in [-0.2, -0.15) is 13.2 Å². The zero-order valence-electron chi connectivity index (χ0n) is 17.1. The number of hydrogen-bond donors (Lipinski definition) is 0. The third-order valence-electron chi connectivity index (χ3n) is 5.39. The second kappa shape index (κ2) is 10.6. The lowest BCUT2D eigenvalue weighted by Gasteiger charge is -2.35. The molecule has 29 heavy (non-hydrogen) atoms. The minimum Gasteiger partial charge on any atom is -0.493 e. The first-order valence-electron chi connectivity index (χ1n) is 10.4. The molecule has 1 aromatic carbocycles. The van der Waals surface area contributed by atoms with Gasteiger partial charge in [0, 0.05) is 37.8 Å². The molecule has 1 saturated heterocycles. The van der Waals surface area contributed by atoms with E-state index in [1.54, 1.807) is 0 Å². The summed E-state index contributed by atoms with van der Waals surface area (Å²) in [5.41, 5.74) is -0.699. The van der Waals surface area contributed by atoms with Crippen LogP contribution in [0.1, 0.15) is 57.9 Å². The van der Waals surface area contributed by atoms with E-state index in [9.17, 15) is 22.8 Å². The molecule has 1 heterocycles. The van der Waals surface area contributed by atoms with Crippen molar-refractivity contribution in [3.05, 3.63) is 29.8 Å². The van der Waals surface area contributed by atoms with E-state index in [0.717, 1.165) is 31.5 Å². The molecule has 1 aliphatic heterocycles. The molecule has 2 fully saturated rings. The van der Waals surface area contributed by atoms with Gasteiger partial charge in [0.15, 0.2) is 0 Å². The standard InChI is InChI=1S/C20H24F3NO3.C2H6/c21-20(22,23)16-5-9-18(10-6-16)27-13-14-2-1-11-24(12-14)19(26)15-3-7-17(25)8-4-15;1-2/h5-6,9-10,14-15H,1-4,7-8,11-13H2;1-2H3. The van der Waals surface area contributed by atoms with Crippen LogP contribution in [0.5, 0.6) is 5.75 Å². The minimum atomic E-state index is -4.35. The van der Waals surface area contributed by atoms with E-state index < -0.39 is 11.7 Å². The monoisotopic (exact) mass is 413 g/mol. The van der Waals surface area contributed by atoms with Gasteiger partial charge in [-0.1, -0.05) is 13.8 Å². The van der Waals surface area contributed by atoms with E-state index in [4.69, 9.17) is 4.74 Å². The van der Waals surface area contributed by atoms with Crippen LogP contribution in [0.15, 0.2) is 24.3 Å². The number of likely N-dealkylation sites (tertiary alicyclic amines) is 1. The van der Waals surface area contributed by atoms with Gasteiger partial charge in [0.1, 0.15) is 11.5 Å². The number of hydrogen-bond acceptors (Lipinski definition) is 3. The van der Waals surface area contributed by atoms with Crippen molar-refractivity contribution in [3.63, 3.8) is 0 Å². The van der Waals surface area contributed by atoms with Gasteiger partial charge < -0.3 is 9.64 Å². The van der Waals surface area contributed by atoms with Crippen molar-refractivity contribution in [1.82, 2.24) is 4.90 Å². The zero-order valence-corrected chi connectivity index (χ0v) is 17.1. The Morgan fingerprint density at radius 1 is 1.10 bits per heavy atom. The van der Waals surface area contributed by atoms with Gasteiger partial charge >= 0.3 is 6.18 Å². The highest BCUT2D eigenvalue weighted by molar-refractivity contribution is 5.84. The molecule has 1 atom stereocenters. The summed E-state index contributed by atoms with van der Waals surface area (Å²) in [4.78, 5) is 25.9. The second-order valence-electron chi connectivity index (χ2n) is 7.44. The van der Waals surface area contributed by atoms with Crippen LogP contribution in [0, 0.1) is 11.8 Å². The normalized spacial score (nSPS) is 20.7. The van der Waals surface area contributed by atoms with E-state index >= 15 is 0 Å². The highest BCUT2D eigenvalue weighted by Gasteiger charge is 2.32. The van der Waals surface area contributed by atoms with Crippen LogP contribution in [0.2, 0.25) is 0 Å². The minimum absolute atomic E-state index is 0.0581. The fourth-order valence-corrected chi connectivity index (χ4v) is 3.80. The topological polar surface area (TPSA) is 46.6 Å². The lowest BCUT2D eigenvalue weighted by Crippen LogP contribution is -2.45. The molecule has 1 amide bonds. The first-order valence-corrected chi connectivity index (χ1v) is 10.4. The van der Waals surface area contributed by atoms with Crippen LogP contribution in [0.3, 0.4) is 0 Å². The maximum absolute atomic E-state index is 12.7. The van der Waals surface area contributed by atoms with Crippen molar-refractivity contribution >= 4 is 11.7 Å². The predicted octanol–water partition coefficient (Wildman–Crippen LogP) is 5.11. The molecule has 3 rings (SSSR count). The van der Waals surface area contributed by atoms with Crippen LogP contribution in [-0.4, -0.2) is 36.3 Å². The second-order valence-corrected chi connectivity index (χ2v) is 7.44. The van der Waals surface area contributed by atoms with E-state index in [1.165, 1.54) is 12.1 Å². The summed E-state index contributed by atoms with van der Waals surface area (Å²) >= 11 is 0. The number of carbonyl (C=O) groups excluding carboxylic acids is 2. The Kier molecular flexibility index (Phi) is 8.53. The van der Waals surface area contributed by atoms with Gasteiger partial charge in [-0.3, -0.25) is 9.59 Å². The number of ether oxygens (including phenoxy) is 1. The van der Waals surface area contributed by atoms with Crippen molar-refractivity contribution in [2.75, 3.05) is 19.7 Å². The summed E-state index contributed by atoms with van der Waals surface area (Å²) in [6, 6.07) is 4.67. The Morgan fingerprint density at radius 3 is 2.31 bits per heavy atom. The predicted molar refractivity (Wildman–Crippen MR) is 105 cm³/mol. The molecule has 0 spiro atoms. The number of piperidine rings is 1. The van der Waals surface area contributed by atoms with E-state index in [1.807, 2.05) is 18.7 Å². The molecule has 0 bridgehead atoms. The van der Waals surface area contributed by atoms with Gasteiger partial charge in [-0.25, -0.2) is 0 Å². The number of alkyl halides is 3.